The third kappa shape index (κ3) is 4.93. The minimum absolute atomic E-state index is 0.0738. The van der Waals surface area contributed by atoms with Gasteiger partial charge in [0.2, 0.25) is 0 Å². The summed E-state index contributed by atoms with van der Waals surface area (Å²) in [6.45, 7) is 2.47. The molecule has 1 amide bonds. The fraction of sp³-hybridized carbons (Fsp3) is 0.161. The summed E-state index contributed by atoms with van der Waals surface area (Å²) in [4.78, 5) is 28.9. The number of likely N-dealkylation sites (tertiary alicyclic amines) is 1. The van der Waals surface area contributed by atoms with Gasteiger partial charge < -0.3 is 19.5 Å². The van der Waals surface area contributed by atoms with Crippen molar-refractivity contribution in [2.75, 3.05) is 7.11 Å². The van der Waals surface area contributed by atoms with Gasteiger partial charge in [0.05, 0.1) is 25.3 Å². The predicted octanol–water partition coefficient (Wildman–Crippen LogP) is 6.27. The summed E-state index contributed by atoms with van der Waals surface area (Å²) >= 11 is 1.43. The molecular weight excluding hydrogens is 498 g/mol. The molecule has 2 heterocycles. The van der Waals surface area contributed by atoms with Gasteiger partial charge in [-0.15, -0.1) is 11.3 Å². The van der Waals surface area contributed by atoms with Gasteiger partial charge >= 0.3 is 0 Å². The first-order valence-corrected chi connectivity index (χ1v) is 13.1. The first-order chi connectivity index (χ1) is 18.5. The Bertz CT molecular complexity index is 1490. The zero-order valence-electron chi connectivity index (χ0n) is 21.1. The number of Topliss-reactive ketones (excluding diaryl/α,β-unsaturated/α-hetero) is 1. The third-order valence-corrected chi connectivity index (χ3v) is 7.50. The number of methoxy groups -OCH3 is 1. The molecule has 7 heteroatoms. The van der Waals surface area contributed by atoms with Gasteiger partial charge in [-0.05, 0) is 53.8 Å². The molecule has 1 aliphatic heterocycles. The molecule has 1 saturated heterocycles. The molecule has 1 N–H and O–H groups in total. The van der Waals surface area contributed by atoms with Crippen molar-refractivity contribution < 1.29 is 24.2 Å². The van der Waals surface area contributed by atoms with Gasteiger partial charge in [0.1, 0.15) is 23.9 Å². The number of hydrogen-bond donors (Lipinski definition) is 1. The number of ketones is 1. The molecule has 5 rings (SSSR count). The number of aryl methyl sites for hydroxylation is 1. The van der Waals surface area contributed by atoms with Gasteiger partial charge in [0, 0.05) is 16.0 Å². The Labute approximate surface area is 225 Å². The summed E-state index contributed by atoms with van der Waals surface area (Å²) < 4.78 is 11.4. The lowest BCUT2D eigenvalue weighted by Crippen LogP contribution is -2.29. The van der Waals surface area contributed by atoms with E-state index in [0.29, 0.717) is 23.7 Å². The van der Waals surface area contributed by atoms with Gasteiger partial charge in [-0.2, -0.15) is 0 Å². The summed E-state index contributed by atoms with van der Waals surface area (Å²) in [6.07, 6.45) is 0. The van der Waals surface area contributed by atoms with Gasteiger partial charge in [0.15, 0.2) is 0 Å². The number of rotatable bonds is 8. The minimum Gasteiger partial charge on any atom is -0.507 e. The standard InChI is InChI=1S/C31H27NO5S/c1-20-17-22(14-15-24(20)37-19-21-9-4-3-5-10-21)29(33)27-28(26-13-8-16-38-26)32(31(35)30(27)34)18-23-11-6-7-12-25(23)36-2/h3-17,28,33H,18-19H2,1-2H3/b29-27-. The molecule has 1 atom stereocenters. The van der Waals surface area contributed by atoms with Crippen molar-refractivity contribution >= 4 is 28.8 Å². The van der Waals surface area contributed by atoms with Crippen LogP contribution in [-0.2, 0) is 22.7 Å². The van der Waals surface area contributed by atoms with Crippen molar-refractivity contribution in [3.05, 3.63) is 123 Å². The minimum atomic E-state index is -0.714. The molecule has 6 nitrogen and oxygen atoms in total. The van der Waals surface area contributed by atoms with E-state index in [-0.39, 0.29) is 17.9 Å². The first kappa shape index (κ1) is 25.3. The van der Waals surface area contributed by atoms with E-state index < -0.39 is 17.7 Å². The van der Waals surface area contributed by atoms with Crippen LogP contribution in [0.4, 0.5) is 0 Å². The Hall–Kier alpha value is -4.36. The Morgan fingerprint density at radius 3 is 2.42 bits per heavy atom. The van der Waals surface area contributed by atoms with E-state index in [1.165, 1.54) is 16.2 Å². The molecule has 3 aromatic carbocycles. The topological polar surface area (TPSA) is 76.1 Å². The van der Waals surface area contributed by atoms with Crippen LogP contribution in [0.1, 0.15) is 33.2 Å². The number of thiophene rings is 1. The van der Waals surface area contributed by atoms with Crippen molar-refractivity contribution in [3.8, 4) is 11.5 Å². The highest BCUT2D eigenvalue weighted by molar-refractivity contribution is 7.10. The summed E-state index contributed by atoms with van der Waals surface area (Å²) in [5.74, 6) is -0.270. The van der Waals surface area contributed by atoms with Crippen LogP contribution in [0.3, 0.4) is 0 Å². The second kappa shape index (κ2) is 10.9. The smallest absolute Gasteiger partial charge is 0.295 e. The van der Waals surface area contributed by atoms with E-state index in [4.69, 9.17) is 9.47 Å². The van der Waals surface area contributed by atoms with E-state index >= 15 is 0 Å². The molecule has 1 aliphatic rings. The SMILES string of the molecule is COc1ccccc1CN1C(=O)C(=O)/C(=C(\O)c2ccc(OCc3ccccc3)c(C)c2)C1c1cccs1. The average molecular weight is 526 g/mol. The van der Waals surface area contributed by atoms with Crippen molar-refractivity contribution in [3.63, 3.8) is 0 Å². The highest BCUT2D eigenvalue weighted by Gasteiger charge is 2.46. The average Bonchev–Trinajstić information content (AvgIpc) is 3.56. The zero-order valence-corrected chi connectivity index (χ0v) is 21.9. The number of hydrogen-bond acceptors (Lipinski definition) is 6. The summed E-state index contributed by atoms with van der Waals surface area (Å²) in [5, 5.41) is 13.3. The van der Waals surface area contributed by atoms with Crippen molar-refractivity contribution in [1.82, 2.24) is 4.90 Å². The predicted molar refractivity (Wildman–Crippen MR) is 147 cm³/mol. The maximum Gasteiger partial charge on any atom is 0.295 e. The second-order valence-electron chi connectivity index (χ2n) is 9.01. The molecule has 0 aliphatic carbocycles. The van der Waals surface area contributed by atoms with Gasteiger partial charge in [-0.25, -0.2) is 0 Å². The zero-order chi connectivity index (χ0) is 26.6. The number of benzene rings is 3. The highest BCUT2D eigenvalue weighted by Crippen LogP contribution is 2.42. The fourth-order valence-corrected chi connectivity index (χ4v) is 5.50. The van der Waals surface area contributed by atoms with Crippen LogP contribution in [0.15, 0.2) is 95.9 Å². The lowest BCUT2D eigenvalue weighted by atomic mass is 9.98. The summed E-state index contributed by atoms with van der Waals surface area (Å²) in [7, 11) is 1.57. The largest absolute Gasteiger partial charge is 0.507 e. The second-order valence-corrected chi connectivity index (χ2v) is 9.99. The molecular formula is C31H27NO5S. The maximum absolute atomic E-state index is 13.3. The van der Waals surface area contributed by atoms with Crippen molar-refractivity contribution in [2.45, 2.75) is 26.1 Å². The van der Waals surface area contributed by atoms with Gasteiger partial charge in [-0.3, -0.25) is 9.59 Å². The number of para-hydroxylation sites is 1. The molecule has 38 heavy (non-hydrogen) atoms. The van der Waals surface area contributed by atoms with Crippen molar-refractivity contribution in [1.29, 1.82) is 0 Å². The Morgan fingerprint density at radius 2 is 1.71 bits per heavy atom. The van der Waals surface area contributed by atoms with Crippen molar-refractivity contribution in [2.24, 2.45) is 0 Å². The molecule has 0 spiro atoms. The third-order valence-electron chi connectivity index (χ3n) is 6.57. The molecule has 0 bridgehead atoms. The molecule has 192 valence electrons. The van der Waals surface area contributed by atoms with E-state index in [1.807, 2.05) is 79.0 Å². The van der Waals surface area contributed by atoms with Crippen LogP contribution in [0.5, 0.6) is 11.5 Å². The van der Waals surface area contributed by atoms with Crippen LogP contribution < -0.4 is 9.47 Å². The van der Waals surface area contributed by atoms with Gasteiger partial charge in [-0.1, -0.05) is 54.6 Å². The molecule has 4 aromatic rings. The lowest BCUT2D eigenvalue weighted by molar-refractivity contribution is -0.140. The number of carbonyl (C=O) groups is 2. The Balaban J connectivity index is 1.49. The molecule has 1 unspecified atom stereocenters. The van der Waals surface area contributed by atoms with E-state index in [0.717, 1.165) is 21.6 Å². The monoisotopic (exact) mass is 525 g/mol. The van der Waals surface area contributed by atoms with E-state index in [1.54, 1.807) is 25.3 Å². The molecule has 0 saturated carbocycles. The molecule has 0 radical (unpaired) electrons. The lowest BCUT2D eigenvalue weighted by Gasteiger charge is -2.25. The van der Waals surface area contributed by atoms with Crippen LogP contribution in [-0.4, -0.2) is 28.8 Å². The quantitative estimate of drug-likeness (QED) is 0.167. The number of nitrogens with zero attached hydrogens (tertiary/aromatic N) is 1. The Kier molecular flexibility index (Phi) is 7.29. The Morgan fingerprint density at radius 1 is 0.947 bits per heavy atom. The number of carbonyl (C=O) groups excluding carboxylic acids is 2. The first-order valence-electron chi connectivity index (χ1n) is 12.2. The van der Waals surface area contributed by atoms with E-state index in [9.17, 15) is 14.7 Å². The number of ether oxygens (including phenoxy) is 2. The molecule has 1 aromatic heterocycles. The summed E-state index contributed by atoms with van der Waals surface area (Å²) in [5.41, 5.74) is 3.15. The summed E-state index contributed by atoms with van der Waals surface area (Å²) in [6, 6.07) is 25.5. The highest BCUT2D eigenvalue weighted by atomic mass is 32.1. The van der Waals surface area contributed by atoms with Gasteiger partial charge in [0.25, 0.3) is 11.7 Å². The number of aliphatic hydroxyl groups excluding tert-OH is 1. The normalized spacial score (nSPS) is 16.6. The molecule has 1 fully saturated rings. The number of amides is 1. The van der Waals surface area contributed by atoms with Crippen LogP contribution in [0, 0.1) is 6.92 Å². The van der Waals surface area contributed by atoms with Crippen LogP contribution in [0.2, 0.25) is 0 Å². The maximum atomic E-state index is 13.3. The number of aliphatic hydroxyl groups is 1. The fourth-order valence-electron chi connectivity index (χ4n) is 4.65. The van der Waals surface area contributed by atoms with Crippen LogP contribution in [0.25, 0.3) is 5.76 Å². The van der Waals surface area contributed by atoms with Crippen LogP contribution >= 0.6 is 11.3 Å². The van der Waals surface area contributed by atoms with E-state index in [2.05, 4.69) is 0 Å².